The van der Waals surface area contributed by atoms with Gasteiger partial charge in [-0.15, -0.1) is 0 Å². The van der Waals surface area contributed by atoms with Crippen LogP contribution < -0.4 is 11.5 Å². The topological polar surface area (TPSA) is 89.3 Å². The van der Waals surface area contributed by atoms with Crippen molar-refractivity contribution in [3.8, 4) is 0 Å². The Bertz CT molecular complexity index is 266. The summed E-state index contributed by atoms with van der Waals surface area (Å²) in [4.78, 5) is 10.3. The van der Waals surface area contributed by atoms with E-state index in [4.69, 9.17) is 16.6 Å². The van der Waals surface area contributed by atoms with Crippen molar-refractivity contribution in [2.24, 2.45) is 11.5 Å². The summed E-state index contributed by atoms with van der Waals surface area (Å²) in [6.45, 7) is 0.564. The zero-order chi connectivity index (χ0) is 10.6. The van der Waals surface area contributed by atoms with Crippen LogP contribution in [0.3, 0.4) is 0 Å². The number of aliphatic carboxylic acids is 1. The number of alkyl halides is 2. The first-order valence-corrected chi connectivity index (χ1v) is 3.29. The average molecular weight is 192 g/mol. The number of hydrogen-bond donors (Lipinski definition) is 3. The fraction of sp³-hybridized carbons (Fsp3) is 0.286. The second-order valence-electron chi connectivity index (χ2n) is 2.42. The Morgan fingerprint density at radius 3 is 2.23 bits per heavy atom. The number of halogens is 2. The maximum absolute atomic E-state index is 12.4. The van der Waals surface area contributed by atoms with Gasteiger partial charge in [0.15, 0.2) is 0 Å². The summed E-state index contributed by atoms with van der Waals surface area (Å²) in [5.74, 6) is -4.65. The first-order chi connectivity index (χ1) is 5.79. The molecular formula is C7H10F2N2O2. The molecule has 0 fully saturated rings. The number of allylic oxidation sites excluding steroid dienone is 1. The van der Waals surface area contributed by atoms with Gasteiger partial charge in [-0.2, -0.15) is 0 Å². The maximum atomic E-state index is 12.4. The van der Waals surface area contributed by atoms with E-state index >= 15 is 0 Å². The normalized spacial score (nSPS) is 14.4. The third kappa shape index (κ3) is 3.55. The summed E-state index contributed by atoms with van der Waals surface area (Å²) in [6.07, 6.45) is 1.32. The van der Waals surface area contributed by atoms with E-state index < -0.39 is 23.2 Å². The van der Waals surface area contributed by atoms with Crippen LogP contribution in [0.5, 0.6) is 0 Å². The lowest BCUT2D eigenvalue weighted by molar-refractivity contribution is -0.132. The van der Waals surface area contributed by atoms with E-state index in [9.17, 15) is 13.6 Å². The Hall–Kier alpha value is -1.59. The van der Waals surface area contributed by atoms with Gasteiger partial charge in [-0.1, -0.05) is 0 Å². The molecule has 0 aromatic rings. The van der Waals surface area contributed by atoms with Crippen molar-refractivity contribution in [2.45, 2.75) is 12.8 Å². The zero-order valence-corrected chi connectivity index (χ0v) is 6.92. The Morgan fingerprint density at radius 2 is 2.00 bits per heavy atom. The van der Waals surface area contributed by atoms with E-state index in [0.717, 1.165) is 0 Å². The summed E-state index contributed by atoms with van der Waals surface area (Å²) in [6, 6.07) is 0. The van der Waals surface area contributed by atoms with Crippen molar-refractivity contribution < 1.29 is 18.7 Å². The molecule has 0 radical (unpaired) electrons. The molecule has 0 aliphatic rings. The molecule has 0 spiro atoms. The second kappa shape index (κ2) is 3.88. The summed E-state index contributed by atoms with van der Waals surface area (Å²) in [5, 5.41) is 8.39. The molecule has 0 rings (SSSR count). The summed E-state index contributed by atoms with van der Waals surface area (Å²) in [5.41, 5.74) is 8.48. The van der Waals surface area contributed by atoms with Crippen molar-refractivity contribution in [3.05, 3.63) is 23.5 Å². The predicted molar refractivity (Wildman–Crippen MR) is 42.8 cm³/mol. The standard InChI is InChI=1S/C7H10F2N2O2/c1-7(8,9)5(11)2-4(3-10)6(12)13/h2-3H,10-11H2,1H3,(H,12,13)/b4-3+,5-2-. The third-order valence-electron chi connectivity index (χ3n) is 1.24. The largest absolute Gasteiger partial charge is 0.478 e. The highest BCUT2D eigenvalue weighted by Crippen LogP contribution is 2.19. The summed E-state index contributed by atoms with van der Waals surface area (Å²) in [7, 11) is 0. The first kappa shape index (κ1) is 11.4. The number of carboxylic acid groups (broad SMARTS) is 1. The molecule has 0 heterocycles. The highest BCUT2D eigenvalue weighted by atomic mass is 19.3. The zero-order valence-electron chi connectivity index (χ0n) is 6.92. The molecule has 0 atom stereocenters. The van der Waals surface area contributed by atoms with Crippen LogP contribution in [0.1, 0.15) is 6.92 Å². The van der Waals surface area contributed by atoms with E-state index in [1.54, 1.807) is 0 Å². The van der Waals surface area contributed by atoms with Crippen LogP contribution in [0, 0.1) is 0 Å². The van der Waals surface area contributed by atoms with Crippen molar-refractivity contribution in [3.63, 3.8) is 0 Å². The molecule has 6 heteroatoms. The fourth-order valence-corrected chi connectivity index (χ4v) is 0.475. The minimum atomic E-state index is -3.25. The summed E-state index contributed by atoms with van der Waals surface area (Å²) < 4.78 is 24.8. The number of carbonyl (C=O) groups is 1. The van der Waals surface area contributed by atoms with E-state index in [2.05, 4.69) is 0 Å². The van der Waals surface area contributed by atoms with Crippen LogP contribution >= 0.6 is 0 Å². The van der Waals surface area contributed by atoms with Gasteiger partial charge in [0.1, 0.15) is 0 Å². The lowest BCUT2D eigenvalue weighted by atomic mass is 10.2. The van der Waals surface area contributed by atoms with Gasteiger partial charge in [0.2, 0.25) is 0 Å². The molecule has 5 N–H and O–H groups in total. The monoisotopic (exact) mass is 192 g/mol. The number of hydrogen-bond acceptors (Lipinski definition) is 3. The van der Waals surface area contributed by atoms with E-state index in [0.29, 0.717) is 19.2 Å². The maximum Gasteiger partial charge on any atom is 0.337 e. The fourth-order valence-electron chi connectivity index (χ4n) is 0.475. The van der Waals surface area contributed by atoms with Crippen LogP contribution in [-0.4, -0.2) is 17.0 Å². The van der Waals surface area contributed by atoms with Crippen LogP contribution in [-0.2, 0) is 4.79 Å². The average Bonchev–Trinajstić information content (AvgIpc) is 1.96. The van der Waals surface area contributed by atoms with E-state index in [-0.39, 0.29) is 0 Å². The minimum Gasteiger partial charge on any atom is -0.478 e. The quantitative estimate of drug-likeness (QED) is 0.446. The van der Waals surface area contributed by atoms with Gasteiger partial charge < -0.3 is 16.6 Å². The van der Waals surface area contributed by atoms with Crippen LogP contribution in [0.4, 0.5) is 8.78 Å². The summed E-state index contributed by atoms with van der Waals surface area (Å²) >= 11 is 0. The van der Waals surface area contributed by atoms with Gasteiger partial charge in [0.25, 0.3) is 5.92 Å². The van der Waals surface area contributed by atoms with E-state index in [1.807, 2.05) is 0 Å². The second-order valence-corrected chi connectivity index (χ2v) is 2.42. The van der Waals surface area contributed by atoms with Gasteiger partial charge in [-0.25, -0.2) is 13.6 Å². The lowest BCUT2D eigenvalue weighted by Gasteiger charge is -2.09. The smallest absolute Gasteiger partial charge is 0.337 e. The molecule has 0 unspecified atom stereocenters. The van der Waals surface area contributed by atoms with Gasteiger partial charge in [-0.3, -0.25) is 0 Å². The molecule has 0 aromatic heterocycles. The number of carboxylic acids is 1. The van der Waals surface area contributed by atoms with Crippen molar-refractivity contribution in [1.29, 1.82) is 0 Å². The molecular weight excluding hydrogens is 182 g/mol. The van der Waals surface area contributed by atoms with Crippen LogP contribution in [0.25, 0.3) is 0 Å². The molecule has 13 heavy (non-hydrogen) atoms. The molecule has 0 aliphatic carbocycles. The third-order valence-corrected chi connectivity index (χ3v) is 1.24. The van der Waals surface area contributed by atoms with Crippen molar-refractivity contribution in [2.75, 3.05) is 0 Å². The Kier molecular flexibility index (Phi) is 3.41. The molecule has 0 aliphatic heterocycles. The SMILES string of the molecule is CC(F)(F)/C(N)=C/C(=C\N)C(=O)O. The molecule has 74 valence electrons. The van der Waals surface area contributed by atoms with Crippen LogP contribution in [0.15, 0.2) is 23.5 Å². The molecule has 0 amide bonds. The Morgan fingerprint density at radius 1 is 1.54 bits per heavy atom. The molecule has 0 aromatic carbocycles. The van der Waals surface area contributed by atoms with Crippen LogP contribution in [0.2, 0.25) is 0 Å². The Balaban J connectivity index is 4.85. The minimum absolute atomic E-state index is 0.473. The molecule has 4 nitrogen and oxygen atoms in total. The predicted octanol–water partition coefficient (Wildman–Crippen LogP) is 0.411. The highest BCUT2D eigenvalue weighted by Gasteiger charge is 2.25. The highest BCUT2D eigenvalue weighted by molar-refractivity contribution is 5.89. The first-order valence-electron chi connectivity index (χ1n) is 3.29. The lowest BCUT2D eigenvalue weighted by Crippen LogP contribution is -2.21. The molecule has 0 saturated carbocycles. The molecule has 0 saturated heterocycles. The van der Waals surface area contributed by atoms with Gasteiger partial charge in [0.05, 0.1) is 11.3 Å². The van der Waals surface area contributed by atoms with Gasteiger partial charge in [0, 0.05) is 13.1 Å². The van der Waals surface area contributed by atoms with E-state index in [1.165, 1.54) is 0 Å². The van der Waals surface area contributed by atoms with Gasteiger partial charge >= 0.3 is 5.97 Å². The van der Waals surface area contributed by atoms with Crippen molar-refractivity contribution >= 4 is 5.97 Å². The number of rotatable bonds is 3. The van der Waals surface area contributed by atoms with Crippen molar-refractivity contribution in [1.82, 2.24) is 0 Å². The Labute approximate surface area is 73.5 Å². The van der Waals surface area contributed by atoms with Gasteiger partial charge in [-0.05, 0) is 6.08 Å². The molecule has 0 bridgehead atoms. The number of nitrogens with two attached hydrogens (primary N) is 2.